The molecule has 1 atom stereocenters. The van der Waals surface area contributed by atoms with Crippen LogP contribution in [0.25, 0.3) is 0 Å². The van der Waals surface area contributed by atoms with Crippen molar-refractivity contribution in [3.05, 3.63) is 24.3 Å². The first-order valence-corrected chi connectivity index (χ1v) is 8.19. The lowest BCUT2D eigenvalue weighted by Crippen LogP contribution is -2.44. The van der Waals surface area contributed by atoms with Gasteiger partial charge in [-0.15, -0.1) is 13.2 Å². The van der Waals surface area contributed by atoms with Gasteiger partial charge in [0, 0.05) is 13.1 Å². The lowest BCUT2D eigenvalue weighted by Gasteiger charge is -2.30. The second kappa shape index (κ2) is 6.36. The van der Waals surface area contributed by atoms with Crippen molar-refractivity contribution in [1.82, 2.24) is 4.31 Å². The Kier molecular flexibility index (Phi) is 4.85. The lowest BCUT2D eigenvalue weighted by molar-refractivity contribution is -0.274. The first-order valence-electron chi connectivity index (χ1n) is 6.75. The zero-order valence-corrected chi connectivity index (χ0v) is 12.7. The maximum absolute atomic E-state index is 12.5. The molecule has 2 N–H and O–H groups in total. The Balaban J connectivity index is 2.17. The van der Waals surface area contributed by atoms with Gasteiger partial charge in [0.15, 0.2) is 0 Å². The minimum Gasteiger partial charge on any atom is -0.406 e. The zero-order valence-electron chi connectivity index (χ0n) is 11.9. The fourth-order valence-electron chi connectivity index (χ4n) is 2.36. The molecule has 1 saturated heterocycles. The number of sulfonamides is 1. The minimum absolute atomic E-state index is 0.0293. The van der Waals surface area contributed by atoms with Crippen LogP contribution in [0.2, 0.25) is 0 Å². The largest absolute Gasteiger partial charge is 0.573 e. The summed E-state index contributed by atoms with van der Waals surface area (Å²) in [6, 6.07) is 3.92. The number of hydrogen-bond donors (Lipinski definition) is 1. The van der Waals surface area contributed by atoms with Crippen molar-refractivity contribution in [2.75, 3.05) is 13.1 Å². The van der Waals surface area contributed by atoms with Gasteiger partial charge in [-0.3, -0.25) is 4.79 Å². The molecule has 1 amide bonds. The molecule has 6 nitrogen and oxygen atoms in total. The maximum Gasteiger partial charge on any atom is 0.573 e. The monoisotopic (exact) mass is 352 g/mol. The molecule has 0 radical (unpaired) electrons. The number of nitrogens with zero attached hydrogens (tertiary/aromatic N) is 1. The van der Waals surface area contributed by atoms with Crippen molar-refractivity contribution in [2.24, 2.45) is 11.7 Å². The van der Waals surface area contributed by atoms with Crippen LogP contribution in [0.4, 0.5) is 13.2 Å². The number of nitrogens with two attached hydrogens (primary N) is 1. The Morgan fingerprint density at radius 1 is 1.26 bits per heavy atom. The van der Waals surface area contributed by atoms with E-state index in [1.54, 1.807) is 0 Å². The summed E-state index contributed by atoms with van der Waals surface area (Å²) in [5, 5.41) is 0. The van der Waals surface area contributed by atoms with Crippen molar-refractivity contribution in [1.29, 1.82) is 0 Å². The summed E-state index contributed by atoms with van der Waals surface area (Å²) in [5.41, 5.74) is 5.21. The minimum atomic E-state index is -4.85. The highest BCUT2D eigenvalue weighted by Crippen LogP contribution is 2.27. The van der Waals surface area contributed by atoms with E-state index in [2.05, 4.69) is 4.74 Å². The van der Waals surface area contributed by atoms with Crippen molar-refractivity contribution >= 4 is 15.9 Å². The second-order valence-electron chi connectivity index (χ2n) is 5.12. The molecule has 2 rings (SSSR count). The first kappa shape index (κ1) is 17.5. The molecule has 10 heteroatoms. The van der Waals surface area contributed by atoms with E-state index >= 15 is 0 Å². The highest BCUT2D eigenvalue weighted by molar-refractivity contribution is 7.89. The van der Waals surface area contributed by atoms with Crippen LogP contribution in [0.3, 0.4) is 0 Å². The normalized spacial score (nSPS) is 20.2. The van der Waals surface area contributed by atoms with Gasteiger partial charge in [-0.1, -0.05) is 0 Å². The van der Waals surface area contributed by atoms with E-state index in [1.165, 1.54) is 0 Å². The Labute approximate surface area is 131 Å². The van der Waals surface area contributed by atoms with Gasteiger partial charge in [0.05, 0.1) is 10.8 Å². The van der Waals surface area contributed by atoms with E-state index in [-0.39, 0.29) is 18.0 Å². The SMILES string of the molecule is NC(=O)C1CCCN(S(=O)(=O)c2ccc(OC(F)(F)F)cc2)C1. The molecule has 1 aromatic rings. The predicted octanol–water partition coefficient (Wildman–Crippen LogP) is 1.47. The van der Waals surface area contributed by atoms with Gasteiger partial charge in [-0.05, 0) is 37.1 Å². The quantitative estimate of drug-likeness (QED) is 0.889. The summed E-state index contributed by atoms with van der Waals surface area (Å²) in [4.78, 5) is 11.0. The number of carbonyl (C=O) groups is 1. The van der Waals surface area contributed by atoms with Gasteiger partial charge in [-0.2, -0.15) is 4.31 Å². The van der Waals surface area contributed by atoms with Gasteiger partial charge in [0.2, 0.25) is 15.9 Å². The maximum atomic E-state index is 12.5. The van der Waals surface area contributed by atoms with E-state index in [4.69, 9.17) is 5.73 Å². The van der Waals surface area contributed by atoms with Gasteiger partial charge in [0.25, 0.3) is 0 Å². The molecule has 1 unspecified atom stereocenters. The van der Waals surface area contributed by atoms with Crippen LogP contribution in [-0.4, -0.2) is 38.1 Å². The summed E-state index contributed by atoms with van der Waals surface area (Å²) in [6.45, 7) is 0.200. The van der Waals surface area contributed by atoms with Crippen LogP contribution in [0, 0.1) is 5.92 Å². The van der Waals surface area contributed by atoms with Crippen molar-refractivity contribution < 1.29 is 31.1 Å². The number of ether oxygens (including phenoxy) is 1. The topological polar surface area (TPSA) is 89.7 Å². The van der Waals surface area contributed by atoms with Crippen LogP contribution in [0.5, 0.6) is 5.75 Å². The zero-order chi connectivity index (χ0) is 17.3. The van der Waals surface area contributed by atoms with E-state index in [1.807, 2.05) is 0 Å². The molecule has 1 fully saturated rings. The van der Waals surface area contributed by atoms with Crippen LogP contribution < -0.4 is 10.5 Å². The van der Waals surface area contributed by atoms with Gasteiger partial charge >= 0.3 is 6.36 Å². The van der Waals surface area contributed by atoms with Gasteiger partial charge in [-0.25, -0.2) is 8.42 Å². The highest BCUT2D eigenvalue weighted by Gasteiger charge is 2.33. The van der Waals surface area contributed by atoms with Crippen molar-refractivity contribution in [3.8, 4) is 5.75 Å². The average molecular weight is 352 g/mol. The van der Waals surface area contributed by atoms with E-state index in [0.717, 1.165) is 28.6 Å². The summed E-state index contributed by atoms with van der Waals surface area (Å²) in [7, 11) is -3.90. The molecule has 0 spiro atoms. The van der Waals surface area contributed by atoms with Gasteiger partial charge in [0.1, 0.15) is 5.75 Å². The number of primary amides is 1. The molecule has 128 valence electrons. The number of piperidine rings is 1. The van der Waals surface area contributed by atoms with Crippen LogP contribution in [0.1, 0.15) is 12.8 Å². The number of hydrogen-bond acceptors (Lipinski definition) is 4. The molecule has 1 aromatic carbocycles. The molecule has 0 aromatic heterocycles. The number of halogens is 3. The van der Waals surface area contributed by atoms with Gasteiger partial charge < -0.3 is 10.5 Å². The molecule has 1 heterocycles. The number of amides is 1. The molecule has 0 bridgehead atoms. The van der Waals surface area contributed by atoms with E-state index in [0.29, 0.717) is 12.8 Å². The van der Waals surface area contributed by atoms with Crippen LogP contribution >= 0.6 is 0 Å². The number of rotatable bonds is 4. The Morgan fingerprint density at radius 2 is 1.87 bits per heavy atom. The predicted molar refractivity (Wildman–Crippen MR) is 73.8 cm³/mol. The average Bonchev–Trinajstić information content (AvgIpc) is 2.46. The number of carbonyl (C=O) groups excluding carboxylic acids is 1. The van der Waals surface area contributed by atoms with E-state index < -0.39 is 34.0 Å². The standard InChI is InChI=1S/C13H15F3N2O4S/c14-13(15,16)22-10-3-5-11(6-4-10)23(20,21)18-7-1-2-9(8-18)12(17)19/h3-6,9H,1-2,7-8H2,(H2,17,19). The Bertz CT molecular complexity index is 673. The molecule has 0 aliphatic carbocycles. The third kappa shape index (κ3) is 4.35. The highest BCUT2D eigenvalue weighted by atomic mass is 32.2. The summed E-state index contributed by atoms with van der Waals surface area (Å²) >= 11 is 0. The molecule has 1 aliphatic heterocycles. The third-order valence-electron chi connectivity index (χ3n) is 3.48. The number of benzene rings is 1. The lowest BCUT2D eigenvalue weighted by atomic mass is 9.99. The summed E-state index contributed by atoms with van der Waals surface area (Å²) < 4.78 is 66.0. The third-order valence-corrected chi connectivity index (χ3v) is 5.36. The molecular formula is C13H15F3N2O4S. The number of alkyl halides is 3. The molecule has 0 saturated carbocycles. The van der Waals surface area contributed by atoms with E-state index in [9.17, 15) is 26.4 Å². The Hall–Kier alpha value is -1.81. The van der Waals surface area contributed by atoms with Crippen LogP contribution in [-0.2, 0) is 14.8 Å². The fraction of sp³-hybridized carbons (Fsp3) is 0.462. The summed E-state index contributed by atoms with van der Waals surface area (Å²) in [5.74, 6) is -1.64. The second-order valence-corrected chi connectivity index (χ2v) is 7.06. The molecule has 23 heavy (non-hydrogen) atoms. The molecular weight excluding hydrogens is 337 g/mol. The smallest absolute Gasteiger partial charge is 0.406 e. The van der Waals surface area contributed by atoms with Crippen molar-refractivity contribution in [3.63, 3.8) is 0 Å². The van der Waals surface area contributed by atoms with Crippen LogP contribution in [0.15, 0.2) is 29.2 Å². The summed E-state index contributed by atoms with van der Waals surface area (Å²) in [6.07, 6.45) is -3.84. The first-order chi connectivity index (χ1) is 10.6. The fourth-order valence-corrected chi connectivity index (χ4v) is 3.88. The Morgan fingerprint density at radius 3 is 2.39 bits per heavy atom. The molecule has 1 aliphatic rings. The van der Waals surface area contributed by atoms with Crippen molar-refractivity contribution in [2.45, 2.75) is 24.1 Å².